The van der Waals surface area contributed by atoms with Gasteiger partial charge >= 0.3 is 5.97 Å². The van der Waals surface area contributed by atoms with Crippen LogP contribution in [0.1, 0.15) is 10.4 Å². The van der Waals surface area contributed by atoms with Crippen molar-refractivity contribution >= 4 is 28.7 Å². The third-order valence-corrected chi connectivity index (χ3v) is 6.30. The van der Waals surface area contributed by atoms with E-state index in [1.54, 1.807) is 24.3 Å². The number of hydrogen-bond donors (Lipinski definition) is 8. The fourth-order valence-corrected chi connectivity index (χ4v) is 4.86. The molecule has 0 amide bonds. The van der Waals surface area contributed by atoms with Gasteiger partial charge in [-0.2, -0.15) is 0 Å². The van der Waals surface area contributed by atoms with E-state index in [0.717, 1.165) is 5.39 Å². The third kappa shape index (κ3) is 2.54. The summed E-state index contributed by atoms with van der Waals surface area (Å²) in [4.78, 5) is 14.3. The van der Waals surface area contributed by atoms with E-state index in [1.807, 2.05) is 18.2 Å². The molecule has 2 aromatic rings. The lowest BCUT2D eigenvalue weighted by molar-refractivity contribution is -0.258. The Balaban J connectivity index is 1.51. The molecular formula is C20H22N6O5. The second-order valence-electron chi connectivity index (χ2n) is 7.93. The first-order valence-corrected chi connectivity index (χ1v) is 9.80. The van der Waals surface area contributed by atoms with E-state index in [-0.39, 0.29) is 24.0 Å². The molecule has 3 saturated heterocycles. The maximum absolute atomic E-state index is 13.0. The lowest BCUT2D eigenvalue weighted by Gasteiger charge is -2.50. The van der Waals surface area contributed by atoms with Crippen molar-refractivity contribution in [2.24, 2.45) is 0 Å². The number of nitrogens with one attached hydrogen (secondary N) is 5. The number of carbonyl (C=O) groups is 1. The van der Waals surface area contributed by atoms with Gasteiger partial charge in [0.05, 0.1) is 30.8 Å². The first-order chi connectivity index (χ1) is 14.8. The number of guanidine groups is 2. The highest BCUT2D eigenvalue weighted by Crippen LogP contribution is 2.44. The maximum Gasteiger partial charge on any atom is 0.339 e. The van der Waals surface area contributed by atoms with Gasteiger partial charge in [-0.25, -0.2) is 4.79 Å². The van der Waals surface area contributed by atoms with E-state index in [9.17, 15) is 20.1 Å². The van der Waals surface area contributed by atoms with Crippen LogP contribution in [0.15, 0.2) is 42.5 Å². The van der Waals surface area contributed by atoms with Crippen LogP contribution in [-0.4, -0.2) is 80.9 Å². The van der Waals surface area contributed by atoms with Crippen molar-refractivity contribution in [2.75, 3.05) is 13.2 Å². The molecule has 0 aromatic heterocycles. The number of rotatable bonds is 3. The van der Waals surface area contributed by atoms with Gasteiger partial charge in [0.1, 0.15) is 0 Å². The summed E-state index contributed by atoms with van der Waals surface area (Å²) in [5.41, 5.74) is -1.50. The summed E-state index contributed by atoms with van der Waals surface area (Å²) in [7, 11) is 0. The van der Waals surface area contributed by atoms with E-state index in [0.29, 0.717) is 5.39 Å². The van der Waals surface area contributed by atoms with Crippen LogP contribution in [0.3, 0.4) is 0 Å². The Morgan fingerprint density at radius 2 is 1.90 bits per heavy atom. The van der Waals surface area contributed by atoms with Gasteiger partial charge in [-0.15, -0.1) is 0 Å². The van der Waals surface area contributed by atoms with E-state index in [2.05, 4.69) is 16.0 Å². The Kier molecular flexibility index (Phi) is 4.13. The summed E-state index contributed by atoms with van der Waals surface area (Å²) in [6.07, 6.45) is -1.43. The van der Waals surface area contributed by atoms with Crippen LogP contribution >= 0.6 is 0 Å². The number of carbonyl (C=O) groups excluding carboxylic acids is 1. The van der Waals surface area contributed by atoms with Crippen LogP contribution in [0, 0.1) is 10.8 Å². The fourth-order valence-electron chi connectivity index (χ4n) is 4.86. The Hall–Kier alpha value is -3.41. The summed E-state index contributed by atoms with van der Waals surface area (Å²) >= 11 is 0. The normalized spacial score (nSPS) is 30.8. The minimum Gasteiger partial charge on any atom is -0.451 e. The van der Waals surface area contributed by atoms with Gasteiger partial charge in [-0.1, -0.05) is 36.4 Å². The van der Waals surface area contributed by atoms with Gasteiger partial charge in [-0.05, 0) is 16.8 Å². The van der Waals surface area contributed by atoms with E-state index in [1.165, 1.54) is 4.90 Å². The van der Waals surface area contributed by atoms with Crippen LogP contribution in [0.4, 0.5) is 0 Å². The molecule has 4 atom stereocenters. The molecule has 3 aliphatic rings. The molecule has 3 aliphatic heterocycles. The van der Waals surface area contributed by atoms with Crippen molar-refractivity contribution in [1.29, 1.82) is 10.8 Å². The Bertz CT molecular complexity index is 1100. The molecule has 11 heteroatoms. The fraction of sp³-hybridized carbons (Fsp3) is 0.350. The van der Waals surface area contributed by atoms with E-state index >= 15 is 0 Å². The smallest absolute Gasteiger partial charge is 0.339 e. The van der Waals surface area contributed by atoms with Gasteiger partial charge in [0.25, 0.3) is 0 Å². The van der Waals surface area contributed by atoms with Gasteiger partial charge in [0.15, 0.2) is 23.7 Å². The molecule has 0 bridgehead atoms. The standard InChI is InChI=1S/C20H22N6O5/c21-17-24-15-13(9-27)23-18(22)26-8-14(20(29,30)19(15,26)25-17)31-16(28)12-7-3-5-10-4-1-2-6-11(10)12/h1-7,13-15,27,29-30H,8-9H2,(H2,22,23)(H3,21,24,25)/t13-,14-,15-,19-/m0/s1. The molecule has 2 aromatic carbocycles. The minimum atomic E-state index is -2.67. The molecule has 31 heavy (non-hydrogen) atoms. The van der Waals surface area contributed by atoms with Crippen LogP contribution in [0.25, 0.3) is 10.8 Å². The second-order valence-corrected chi connectivity index (χ2v) is 7.93. The Morgan fingerprint density at radius 3 is 2.68 bits per heavy atom. The minimum absolute atomic E-state index is 0.185. The first-order valence-electron chi connectivity index (χ1n) is 9.80. The zero-order valence-electron chi connectivity index (χ0n) is 16.3. The average molecular weight is 426 g/mol. The van der Waals surface area contributed by atoms with Crippen LogP contribution in [-0.2, 0) is 4.74 Å². The van der Waals surface area contributed by atoms with E-state index < -0.39 is 42.2 Å². The lowest BCUT2D eigenvalue weighted by Crippen LogP contribution is -2.80. The molecule has 162 valence electrons. The highest BCUT2D eigenvalue weighted by atomic mass is 16.6. The van der Waals surface area contributed by atoms with Crippen molar-refractivity contribution in [1.82, 2.24) is 20.9 Å². The molecular weight excluding hydrogens is 404 g/mol. The molecule has 3 heterocycles. The molecule has 0 saturated carbocycles. The number of aliphatic hydroxyl groups excluding tert-OH is 1. The largest absolute Gasteiger partial charge is 0.451 e. The summed E-state index contributed by atoms with van der Waals surface area (Å²) in [6.45, 7) is -0.618. The summed E-state index contributed by atoms with van der Waals surface area (Å²) in [5.74, 6) is -3.79. The van der Waals surface area contributed by atoms with Crippen molar-refractivity contribution in [2.45, 2.75) is 29.6 Å². The summed E-state index contributed by atoms with van der Waals surface area (Å²) < 4.78 is 5.56. The second kappa shape index (κ2) is 6.54. The number of hydrogen-bond acceptors (Lipinski definition) is 7. The number of fused-ring (bicyclic) bond motifs is 1. The van der Waals surface area contributed by atoms with Crippen LogP contribution in [0.5, 0.6) is 0 Å². The van der Waals surface area contributed by atoms with Crippen LogP contribution in [0.2, 0.25) is 0 Å². The number of nitrogens with zero attached hydrogens (tertiary/aromatic N) is 1. The number of ether oxygens (including phenoxy) is 1. The van der Waals surface area contributed by atoms with Gasteiger partial charge in [0.2, 0.25) is 5.79 Å². The highest BCUT2D eigenvalue weighted by molar-refractivity contribution is 6.04. The zero-order chi connectivity index (χ0) is 22.0. The van der Waals surface area contributed by atoms with Crippen molar-refractivity contribution < 1.29 is 24.9 Å². The van der Waals surface area contributed by atoms with Gasteiger partial charge < -0.3 is 40.9 Å². The Morgan fingerprint density at radius 1 is 1.16 bits per heavy atom. The monoisotopic (exact) mass is 426 g/mol. The summed E-state index contributed by atoms with van der Waals surface area (Å²) in [6, 6.07) is 10.8. The predicted octanol–water partition coefficient (Wildman–Crippen LogP) is -1.55. The van der Waals surface area contributed by atoms with Gasteiger partial charge in [0, 0.05) is 0 Å². The molecule has 0 unspecified atom stereocenters. The Labute approximate surface area is 176 Å². The zero-order valence-corrected chi connectivity index (χ0v) is 16.3. The van der Waals surface area contributed by atoms with Crippen molar-refractivity contribution in [3.63, 3.8) is 0 Å². The van der Waals surface area contributed by atoms with Crippen molar-refractivity contribution in [3.05, 3.63) is 48.0 Å². The molecule has 0 aliphatic carbocycles. The predicted molar refractivity (Wildman–Crippen MR) is 109 cm³/mol. The number of aliphatic hydroxyl groups is 3. The topological polar surface area (TPSA) is 174 Å². The lowest BCUT2D eigenvalue weighted by atomic mass is 9.85. The van der Waals surface area contributed by atoms with Gasteiger partial charge in [-0.3, -0.25) is 10.8 Å². The maximum atomic E-state index is 13.0. The van der Waals surface area contributed by atoms with Crippen molar-refractivity contribution in [3.8, 4) is 0 Å². The molecule has 5 rings (SSSR count). The highest BCUT2D eigenvalue weighted by Gasteiger charge is 2.75. The third-order valence-electron chi connectivity index (χ3n) is 6.30. The molecule has 3 fully saturated rings. The molecule has 8 N–H and O–H groups in total. The molecule has 11 nitrogen and oxygen atoms in total. The van der Waals surface area contributed by atoms with E-state index in [4.69, 9.17) is 15.6 Å². The average Bonchev–Trinajstić information content (AvgIpc) is 3.22. The summed E-state index contributed by atoms with van der Waals surface area (Å²) in [5, 5.41) is 58.2. The number of benzene rings is 2. The molecule has 0 radical (unpaired) electrons. The first kappa shape index (κ1) is 19.5. The van der Waals surface area contributed by atoms with Crippen LogP contribution < -0.4 is 16.0 Å². The number of esters is 1. The quantitative estimate of drug-likeness (QED) is 0.213. The SMILES string of the molecule is N=C1N[C@H]2[C@H](CO)NC(=N)N3C[C@H](OC(=O)c4cccc5ccccc45)C(O)(O)[C@]23N1. The molecule has 1 spiro atoms.